The van der Waals surface area contributed by atoms with Gasteiger partial charge in [-0.05, 0) is 6.42 Å². The van der Waals surface area contributed by atoms with Crippen LogP contribution in [0.15, 0.2) is 0 Å². The third kappa shape index (κ3) is 2.43. The van der Waals surface area contributed by atoms with Gasteiger partial charge >= 0.3 is 0 Å². The largest absolute Gasteiger partial charge is 0.272 e. The molecule has 74 valence electrons. The predicted octanol–water partition coefficient (Wildman–Crippen LogP) is 0.752. The molecule has 0 radical (unpaired) electrons. The van der Waals surface area contributed by atoms with Crippen LogP contribution in [0.25, 0.3) is 0 Å². The molecular weight excluding hydrogens is 304 g/mol. The third-order valence-electron chi connectivity index (χ3n) is 1.84. The fraction of sp³-hybridized carbons (Fsp3) is 0.714. The number of halogens is 2. The molecule has 0 aliphatic carbocycles. The molecule has 1 saturated heterocycles. The van der Waals surface area contributed by atoms with Crippen LogP contribution in [0.3, 0.4) is 0 Å². The van der Waals surface area contributed by atoms with Crippen molar-refractivity contribution in [2.75, 3.05) is 23.7 Å². The van der Waals surface area contributed by atoms with E-state index in [-0.39, 0.29) is 22.5 Å². The molecule has 6 heteroatoms. The first kappa shape index (κ1) is 11.0. The zero-order valence-corrected chi connectivity index (χ0v) is 10.2. The smallest absolute Gasteiger partial charge is 0.251 e. The van der Waals surface area contributed by atoms with Gasteiger partial charge in [0.05, 0.1) is 10.7 Å². The second kappa shape index (κ2) is 4.95. The van der Waals surface area contributed by atoms with Crippen LogP contribution in [-0.4, -0.2) is 45.6 Å². The van der Waals surface area contributed by atoms with E-state index in [0.29, 0.717) is 13.1 Å². The van der Waals surface area contributed by atoms with E-state index in [4.69, 9.17) is 0 Å². The van der Waals surface area contributed by atoms with E-state index in [9.17, 15) is 9.59 Å². The predicted molar refractivity (Wildman–Crippen MR) is 55.6 cm³/mol. The maximum absolute atomic E-state index is 11.3. The fourth-order valence-electron chi connectivity index (χ4n) is 1.27. The molecule has 4 nitrogen and oxygen atoms in total. The van der Waals surface area contributed by atoms with E-state index in [1.54, 1.807) is 0 Å². The minimum absolute atomic E-state index is 0.0631. The quantitative estimate of drug-likeness (QED) is 0.706. The number of carbonyl (C=O) groups excluding carboxylic acids is 2. The normalized spacial score (nSPS) is 16.5. The summed E-state index contributed by atoms with van der Waals surface area (Å²) in [5.41, 5.74) is 0. The Labute approximate surface area is 93.5 Å². The van der Waals surface area contributed by atoms with Crippen molar-refractivity contribution < 1.29 is 9.59 Å². The van der Waals surface area contributed by atoms with E-state index in [2.05, 4.69) is 31.9 Å². The number of hydrogen-bond donors (Lipinski definition) is 0. The van der Waals surface area contributed by atoms with E-state index >= 15 is 0 Å². The summed E-state index contributed by atoms with van der Waals surface area (Å²) < 4.78 is 0. The second-order valence-electron chi connectivity index (χ2n) is 2.65. The van der Waals surface area contributed by atoms with Crippen LogP contribution in [0.4, 0.5) is 0 Å². The van der Waals surface area contributed by atoms with Crippen molar-refractivity contribution in [3.8, 4) is 0 Å². The van der Waals surface area contributed by atoms with E-state index in [0.717, 1.165) is 6.42 Å². The molecule has 0 unspecified atom stereocenters. The van der Waals surface area contributed by atoms with Gasteiger partial charge in [-0.2, -0.15) is 0 Å². The minimum Gasteiger partial charge on any atom is -0.272 e. The van der Waals surface area contributed by atoms with Gasteiger partial charge in [-0.25, -0.2) is 0 Å². The summed E-state index contributed by atoms with van der Waals surface area (Å²) in [6.07, 6.45) is 0.859. The van der Waals surface area contributed by atoms with Crippen molar-refractivity contribution >= 4 is 43.7 Å². The highest BCUT2D eigenvalue weighted by Gasteiger charge is 2.28. The van der Waals surface area contributed by atoms with Crippen LogP contribution in [0.2, 0.25) is 0 Å². The first-order chi connectivity index (χ1) is 6.20. The monoisotopic (exact) mass is 312 g/mol. The molecule has 1 aliphatic heterocycles. The molecule has 0 aromatic heterocycles. The number of hydrogen-bond acceptors (Lipinski definition) is 2. The Morgan fingerprint density at radius 2 is 1.38 bits per heavy atom. The molecule has 1 aliphatic rings. The summed E-state index contributed by atoms with van der Waals surface area (Å²) in [5.74, 6) is -0.126. The second-order valence-corrected chi connectivity index (χ2v) is 3.78. The van der Waals surface area contributed by atoms with Crippen LogP contribution in [0, 0.1) is 0 Å². The first-order valence-corrected chi connectivity index (χ1v) is 6.17. The fourth-order valence-corrected chi connectivity index (χ4v) is 1.85. The maximum Gasteiger partial charge on any atom is 0.251 e. The molecule has 0 aromatic rings. The van der Waals surface area contributed by atoms with Crippen molar-refractivity contribution in [1.29, 1.82) is 0 Å². The Bertz CT molecular complexity index is 201. The molecule has 0 bridgehead atoms. The van der Waals surface area contributed by atoms with Crippen molar-refractivity contribution in [2.45, 2.75) is 6.42 Å². The zero-order chi connectivity index (χ0) is 9.84. The molecule has 13 heavy (non-hydrogen) atoms. The molecule has 1 rings (SSSR count). The summed E-state index contributed by atoms with van der Waals surface area (Å²) in [7, 11) is 0. The van der Waals surface area contributed by atoms with Gasteiger partial charge in [0.25, 0.3) is 11.8 Å². The minimum atomic E-state index is -0.0631. The zero-order valence-electron chi connectivity index (χ0n) is 7.00. The molecule has 1 fully saturated rings. The average Bonchev–Trinajstić information content (AvgIpc) is 2.63. The molecule has 0 atom stereocenters. The molecular formula is C7H10Br2N2O2. The lowest BCUT2D eigenvalue weighted by atomic mass is 10.4. The van der Waals surface area contributed by atoms with Crippen molar-refractivity contribution in [3.63, 3.8) is 0 Å². The van der Waals surface area contributed by atoms with E-state index in [1.807, 2.05) is 0 Å². The molecule has 2 amide bonds. The summed E-state index contributed by atoms with van der Waals surface area (Å²) in [6.45, 7) is 1.28. The van der Waals surface area contributed by atoms with Crippen LogP contribution in [0.1, 0.15) is 6.42 Å². The average molecular weight is 314 g/mol. The molecule has 0 aromatic carbocycles. The Balaban J connectivity index is 2.63. The molecule has 0 spiro atoms. The summed E-state index contributed by atoms with van der Waals surface area (Å²) in [6, 6.07) is 0. The van der Waals surface area contributed by atoms with E-state index < -0.39 is 0 Å². The number of rotatable bonds is 2. The summed E-state index contributed by atoms with van der Waals surface area (Å²) in [4.78, 5) is 22.6. The Kier molecular flexibility index (Phi) is 4.18. The van der Waals surface area contributed by atoms with Gasteiger partial charge in [-0.15, -0.1) is 0 Å². The summed E-state index contributed by atoms with van der Waals surface area (Å²) >= 11 is 6.16. The number of alkyl halides is 2. The highest BCUT2D eigenvalue weighted by molar-refractivity contribution is 9.09. The summed E-state index contributed by atoms with van der Waals surface area (Å²) in [5, 5.41) is 3.52. The SMILES string of the molecule is O=C(CBr)N1CCCN1C(=O)CBr. The number of amides is 2. The van der Waals surface area contributed by atoms with Gasteiger partial charge in [-0.3, -0.25) is 19.6 Å². The van der Waals surface area contributed by atoms with Gasteiger partial charge < -0.3 is 0 Å². The highest BCUT2D eigenvalue weighted by atomic mass is 79.9. The van der Waals surface area contributed by atoms with Gasteiger partial charge in [0.1, 0.15) is 0 Å². The van der Waals surface area contributed by atoms with Crippen molar-refractivity contribution in [3.05, 3.63) is 0 Å². The third-order valence-corrected chi connectivity index (χ3v) is 2.80. The Hall–Kier alpha value is -0.100. The van der Waals surface area contributed by atoms with E-state index in [1.165, 1.54) is 10.0 Å². The van der Waals surface area contributed by atoms with Crippen molar-refractivity contribution in [1.82, 2.24) is 10.0 Å². The number of nitrogens with zero attached hydrogens (tertiary/aromatic N) is 2. The van der Waals surface area contributed by atoms with Gasteiger partial charge in [0.2, 0.25) is 0 Å². The molecule has 0 saturated carbocycles. The number of carbonyl (C=O) groups is 2. The first-order valence-electron chi connectivity index (χ1n) is 3.93. The van der Waals surface area contributed by atoms with Crippen molar-refractivity contribution in [2.24, 2.45) is 0 Å². The Morgan fingerprint density at radius 3 is 1.69 bits per heavy atom. The highest BCUT2D eigenvalue weighted by Crippen LogP contribution is 2.12. The molecule has 0 N–H and O–H groups in total. The van der Waals surface area contributed by atoms with Gasteiger partial charge in [0, 0.05) is 13.1 Å². The number of hydrazine groups is 1. The standard InChI is InChI=1S/C7H10Br2N2O2/c8-4-6(12)10-2-1-3-11(10)7(13)5-9/h1-5H2. The van der Waals surface area contributed by atoms with Crippen LogP contribution in [0.5, 0.6) is 0 Å². The topological polar surface area (TPSA) is 40.6 Å². The lowest BCUT2D eigenvalue weighted by Gasteiger charge is -2.26. The van der Waals surface area contributed by atoms with Crippen LogP contribution >= 0.6 is 31.9 Å². The van der Waals surface area contributed by atoms with Gasteiger partial charge in [-0.1, -0.05) is 31.9 Å². The molecule has 1 heterocycles. The van der Waals surface area contributed by atoms with Gasteiger partial charge in [0.15, 0.2) is 0 Å². The lowest BCUT2D eigenvalue weighted by molar-refractivity contribution is -0.154. The Morgan fingerprint density at radius 1 is 1.00 bits per heavy atom. The lowest BCUT2D eigenvalue weighted by Crippen LogP contribution is -2.45. The van der Waals surface area contributed by atoms with Crippen LogP contribution in [-0.2, 0) is 9.59 Å². The van der Waals surface area contributed by atoms with Crippen LogP contribution < -0.4 is 0 Å². The maximum atomic E-state index is 11.3.